The second-order valence-corrected chi connectivity index (χ2v) is 7.20. The second kappa shape index (κ2) is 6.08. The van der Waals surface area contributed by atoms with E-state index in [1.165, 1.54) is 9.36 Å². The summed E-state index contributed by atoms with van der Waals surface area (Å²) in [5.74, 6) is 6.60. The Morgan fingerprint density at radius 3 is 2.50 bits per heavy atom. The molecule has 0 aliphatic heterocycles. The summed E-state index contributed by atoms with van der Waals surface area (Å²) in [5.41, 5.74) is 4.62. The van der Waals surface area contributed by atoms with Crippen molar-refractivity contribution in [1.29, 1.82) is 0 Å². The van der Waals surface area contributed by atoms with Crippen molar-refractivity contribution >= 4 is 27.9 Å². The monoisotopic (exact) mass is 380 g/mol. The average Bonchev–Trinajstić information content (AvgIpc) is 3.15. The summed E-state index contributed by atoms with van der Waals surface area (Å²) in [6.45, 7) is 6.95. The number of fused-ring (bicyclic) bond motifs is 2. The minimum Gasteiger partial charge on any atom is -0.348 e. The summed E-state index contributed by atoms with van der Waals surface area (Å²) >= 11 is 0. The van der Waals surface area contributed by atoms with Crippen LogP contribution < -0.4 is 16.3 Å². The number of benzene rings is 1. The number of aromatic nitrogens is 6. The molecule has 0 aliphatic carbocycles. The number of aryl methyl sites for hydroxylation is 3. The normalized spacial score (nSPS) is 11.6. The Kier molecular flexibility index (Phi) is 3.91. The number of rotatable bonds is 3. The SMILES string of the molecule is CCn1nc2ccc(-c3nn(N)c4nc(N(C)C)n(C)c(=O)c34)c(C)c2c1C. The van der Waals surface area contributed by atoms with Crippen LogP contribution in [-0.4, -0.2) is 43.3 Å². The van der Waals surface area contributed by atoms with Crippen LogP contribution in [0.15, 0.2) is 16.9 Å². The standard InChI is InChI=1S/C19H24N8O/c1-7-26-11(3)14-10(2)12(8-9-13(14)22-26)16-15-17(27(20)23-16)21-19(24(4)5)25(6)18(15)28/h8-9H,7,20H2,1-6H3. The maximum Gasteiger partial charge on any atom is 0.266 e. The molecule has 28 heavy (non-hydrogen) atoms. The molecule has 2 N–H and O–H groups in total. The van der Waals surface area contributed by atoms with Crippen LogP contribution in [0.4, 0.5) is 5.95 Å². The molecular formula is C19H24N8O. The zero-order valence-corrected chi connectivity index (χ0v) is 17.0. The lowest BCUT2D eigenvalue weighted by Gasteiger charge is -2.15. The molecule has 4 rings (SSSR count). The fourth-order valence-electron chi connectivity index (χ4n) is 3.88. The quantitative estimate of drug-likeness (QED) is 0.542. The third kappa shape index (κ3) is 2.32. The Labute approximate surface area is 162 Å². The summed E-state index contributed by atoms with van der Waals surface area (Å²) in [4.78, 5) is 20.6. The van der Waals surface area contributed by atoms with E-state index in [-0.39, 0.29) is 5.56 Å². The van der Waals surface area contributed by atoms with E-state index in [0.717, 1.165) is 34.3 Å². The Bertz CT molecular complexity index is 1290. The average molecular weight is 380 g/mol. The molecule has 4 aromatic rings. The first-order valence-corrected chi connectivity index (χ1v) is 9.15. The van der Waals surface area contributed by atoms with Gasteiger partial charge < -0.3 is 10.7 Å². The van der Waals surface area contributed by atoms with Crippen molar-refractivity contribution in [3.05, 3.63) is 33.7 Å². The van der Waals surface area contributed by atoms with Gasteiger partial charge in [-0.1, -0.05) is 6.07 Å². The molecule has 0 fully saturated rings. The molecule has 3 aromatic heterocycles. The van der Waals surface area contributed by atoms with Gasteiger partial charge in [-0.3, -0.25) is 14.0 Å². The van der Waals surface area contributed by atoms with Crippen LogP contribution in [0.1, 0.15) is 18.2 Å². The minimum atomic E-state index is -0.180. The molecule has 146 valence electrons. The van der Waals surface area contributed by atoms with E-state index >= 15 is 0 Å². The zero-order valence-electron chi connectivity index (χ0n) is 17.0. The Morgan fingerprint density at radius 2 is 1.86 bits per heavy atom. The highest BCUT2D eigenvalue weighted by atomic mass is 16.1. The maximum absolute atomic E-state index is 13.1. The summed E-state index contributed by atoms with van der Waals surface area (Å²) in [5, 5.41) is 10.6. The van der Waals surface area contributed by atoms with Gasteiger partial charge in [0.2, 0.25) is 5.95 Å². The first-order valence-electron chi connectivity index (χ1n) is 9.15. The number of hydrogen-bond acceptors (Lipinski definition) is 6. The van der Waals surface area contributed by atoms with Crippen molar-refractivity contribution in [2.45, 2.75) is 27.3 Å². The van der Waals surface area contributed by atoms with Crippen molar-refractivity contribution in [3.63, 3.8) is 0 Å². The van der Waals surface area contributed by atoms with Crippen LogP contribution in [0.2, 0.25) is 0 Å². The summed E-state index contributed by atoms with van der Waals surface area (Å²) in [7, 11) is 5.36. The highest BCUT2D eigenvalue weighted by Crippen LogP contribution is 2.33. The number of hydrogen-bond donors (Lipinski definition) is 1. The van der Waals surface area contributed by atoms with Crippen molar-refractivity contribution in [3.8, 4) is 11.3 Å². The third-order valence-electron chi connectivity index (χ3n) is 5.28. The van der Waals surface area contributed by atoms with E-state index in [4.69, 9.17) is 5.84 Å². The third-order valence-corrected chi connectivity index (χ3v) is 5.28. The highest BCUT2D eigenvalue weighted by molar-refractivity contribution is 5.97. The van der Waals surface area contributed by atoms with Gasteiger partial charge in [-0.25, -0.2) is 0 Å². The maximum atomic E-state index is 13.1. The molecular weight excluding hydrogens is 356 g/mol. The molecule has 0 bridgehead atoms. The van der Waals surface area contributed by atoms with Gasteiger partial charge in [-0.15, -0.1) is 5.10 Å². The van der Waals surface area contributed by atoms with Gasteiger partial charge in [0.1, 0.15) is 11.1 Å². The zero-order chi connectivity index (χ0) is 20.3. The Balaban J connectivity index is 2.08. The second-order valence-electron chi connectivity index (χ2n) is 7.20. The summed E-state index contributed by atoms with van der Waals surface area (Å²) in [6, 6.07) is 3.91. The van der Waals surface area contributed by atoms with E-state index in [2.05, 4.69) is 29.0 Å². The van der Waals surface area contributed by atoms with Crippen molar-refractivity contribution in [2.75, 3.05) is 24.8 Å². The predicted molar refractivity (Wildman–Crippen MR) is 111 cm³/mol. The van der Waals surface area contributed by atoms with Gasteiger partial charge in [-0.05, 0) is 32.4 Å². The van der Waals surface area contributed by atoms with Crippen molar-refractivity contribution in [2.24, 2.45) is 7.05 Å². The number of nitrogen functional groups attached to an aromatic ring is 1. The predicted octanol–water partition coefficient (Wildman–Crippen LogP) is 1.56. The number of nitrogens with zero attached hydrogens (tertiary/aromatic N) is 7. The fourth-order valence-corrected chi connectivity index (χ4v) is 3.88. The lowest BCUT2D eigenvalue weighted by molar-refractivity contribution is 0.647. The van der Waals surface area contributed by atoms with Crippen LogP contribution in [0, 0.1) is 13.8 Å². The molecule has 0 atom stereocenters. The molecule has 9 heteroatoms. The van der Waals surface area contributed by atoms with Crippen LogP contribution in [0.5, 0.6) is 0 Å². The first kappa shape index (κ1) is 18.0. The minimum absolute atomic E-state index is 0.180. The summed E-state index contributed by atoms with van der Waals surface area (Å²) in [6.07, 6.45) is 0. The van der Waals surface area contributed by atoms with Gasteiger partial charge in [0.05, 0.1) is 5.52 Å². The molecule has 0 spiro atoms. The van der Waals surface area contributed by atoms with Gasteiger partial charge in [-0.2, -0.15) is 14.9 Å². The molecule has 0 saturated carbocycles. The van der Waals surface area contributed by atoms with E-state index in [0.29, 0.717) is 22.7 Å². The van der Waals surface area contributed by atoms with Crippen LogP contribution in [0.25, 0.3) is 33.2 Å². The fraction of sp³-hybridized carbons (Fsp3) is 0.368. The van der Waals surface area contributed by atoms with Crippen LogP contribution >= 0.6 is 0 Å². The topological polar surface area (TPSA) is 99.8 Å². The number of nitrogens with two attached hydrogens (primary N) is 1. The number of anilines is 1. The van der Waals surface area contributed by atoms with Gasteiger partial charge in [0.15, 0.2) is 5.65 Å². The highest BCUT2D eigenvalue weighted by Gasteiger charge is 2.22. The summed E-state index contributed by atoms with van der Waals surface area (Å²) < 4.78 is 3.49. The molecule has 0 unspecified atom stereocenters. The lowest BCUT2D eigenvalue weighted by Crippen LogP contribution is -2.27. The van der Waals surface area contributed by atoms with Crippen LogP contribution in [-0.2, 0) is 13.6 Å². The smallest absolute Gasteiger partial charge is 0.266 e. The van der Waals surface area contributed by atoms with Crippen LogP contribution in [0.3, 0.4) is 0 Å². The molecule has 0 amide bonds. The molecule has 0 saturated heterocycles. The van der Waals surface area contributed by atoms with E-state index in [1.54, 1.807) is 11.9 Å². The molecule has 0 aliphatic rings. The molecule has 9 nitrogen and oxygen atoms in total. The lowest BCUT2D eigenvalue weighted by atomic mass is 9.99. The van der Waals surface area contributed by atoms with E-state index in [9.17, 15) is 4.79 Å². The molecule has 0 radical (unpaired) electrons. The molecule has 3 heterocycles. The largest absolute Gasteiger partial charge is 0.348 e. The van der Waals surface area contributed by atoms with Gasteiger partial charge in [0.25, 0.3) is 5.56 Å². The van der Waals surface area contributed by atoms with Gasteiger partial charge in [0, 0.05) is 44.3 Å². The van der Waals surface area contributed by atoms with E-state index < -0.39 is 0 Å². The van der Waals surface area contributed by atoms with E-state index in [1.807, 2.05) is 37.8 Å². The Hall–Kier alpha value is -3.36. The van der Waals surface area contributed by atoms with Crippen molar-refractivity contribution < 1.29 is 0 Å². The molecule has 1 aromatic carbocycles. The van der Waals surface area contributed by atoms with Crippen molar-refractivity contribution in [1.82, 2.24) is 29.2 Å². The Morgan fingerprint density at radius 1 is 1.14 bits per heavy atom. The van der Waals surface area contributed by atoms with Gasteiger partial charge >= 0.3 is 0 Å². The first-order chi connectivity index (χ1) is 13.3.